The molecule has 9 heteroatoms. The lowest BCUT2D eigenvalue weighted by atomic mass is 10.2. The Bertz CT molecular complexity index is 1050. The number of hydrogen-bond acceptors (Lipinski definition) is 6. The molecule has 0 saturated carbocycles. The van der Waals surface area contributed by atoms with Crippen LogP contribution in [0.2, 0.25) is 0 Å². The second-order valence-corrected chi connectivity index (χ2v) is 9.22. The fraction of sp³-hybridized carbons (Fsp3) is 0.286. The molecule has 1 aliphatic rings. The number of amides is 2. The van der Waals surface area contributed by atoms with Crippen LogP contribution in [0.15, 0.2) is 54.6 Å². The Hall–Kier alpha value is -3.20. The third kappa shape index (κ3) is 5.44. The first kappa shape index (κ1) is 21.5. The van der Waals surface area contributed by atoms with E-state index in [2.05, 4.69) is 5.32 Å². The Morgan fingerprint density at radius 3 is 2.47 bits per heavy atom. The standard InChI is InChI=1S/C21H22N2O6S/c1-15(24)22-17-7-5-6-16(12-17)21(26)29-13-20(25)23(18-8-3-2-4-9-18)19-10-11-30(27,28)14-19/h2-9,12,19H,10-11,13-14H2,1H3,(H,22,24)/t19-/m0/s1. The Labute approximate surface area is 174 Å². The molecule has 1 fully saturated rings. The number of benzene rings is 2. The minimum absolute atomic E-state index is 0.0179. The number of nitrogens with one attached hydrogen (secondary N) is 1. The number of nitrogens with zero attached hydrogens (tertiary/aromatic N) is 1. The van der Waals surface area contributed by atoms with Crippen LogP contribution in [0.1, 0.15) is 23.7 Å². The maximum absolute atomic E-state index is 12.9. The first-order valence-electron chi connectivity index (χ1n) is 9.37. The van der Waals surface area contributed by atoms with E-state index in [1.54, 1.807) is 42.5 Å². The summed E-state index contributed by atoms with van der Waals surface area (Å²) in [5.41, 5.74) is 1.17. The van der Waals surface area contributed by atoms with Gasteiger partial charge in [0, 0.05) is 18.3 Å². The summed E-state index contributed by atoms with van der Waals surface area (Å²) in [5, 5.41) is 2.57. The van der Waals surface area contributed by atoms with Gasteiger partial charge >= 0.3 is 5.97 Å². The van der Waals surface area contributed by atoms with Crippen molar-refractivity contribution in [3.63, 3.8) is 0 Å². The molecule has 8 nitrogen and oxygen atoms in total. The molecule has 1 aliphatic heterocycles. The Balaban J connectivity index is 1.72. The third-order valence-electron chi connectivity index (χ3n) is 4.62. The van der Waals surface area contributed by atoms with E-state index in [1.807, 2.05) is 0 Å². The second-order valence-electron chi connectivity index (χ2n) is 6.99. The van der Waals surface area contributed by atoms with Crippen LogP contribution in [0.4, 0.5) is 11.4 Å². The lowest BCUT2D eigenvalue weighted by molar-refractivity contribution is -0.122. The van der Waals surface area contributed by atoms with Crippen molar-refractivity contribution >= 4 is 39.0 Å². The fourth-order valence-electron chi connectivity index (χ4n) is 3.33. The highest BCUT2D eigenvalue weighted by molar-refractivity contribution is 7.91. The molecule has 3 rings (SSSR count). The molecule has 0 unspecified atom stereocenters. The zero-order valence-electron chi connectivity index (χ0n) is 16.4. The van der Waals surface area contributed by atoms with Crippen molar-refractivity contribution in [2.24, 2.45) is 0 Å². The number of esters is 1. The van der Waals surface area contributed by atoms with Crippen LogP contribution in [0, 0.1) is 0 Å². The zero-order chi connectivity index (χ0) is 21.7. The Morgan fingerprint density at radius 2 is 1.83 bits per heavy atom. The average molecular weight is 430 g/mol. The number of rotatable bonds is 6. The van der Waals surface area contributed by atoms with Crippen molar-refractivity contribution in [3.05, 3.63) is 60.2 Å². The Kier molecular flexibility index (Phi) is 6.51. The lowest BCUT2D eigenvalue weighted by Crippen LogP contribution is -2.43. The molecule has 0 aliphatic carbocycles. The molecule has 0 aromatic heterocycles. The quantitative estimate of drug-likeness (QED) is 0.702. The Morgan fingerprint density at radius 1 is 1.10 bits per heavy atom. The van der Waals surface area contributed by atoms with E-state index < -0.39 is 34.4 Å². The maximum atomic E-state index is 12.9. The molecule has 1 N–H and O–H groups in total. The summed E-state index contributed by atoms with van der Waals surface area (Å²) < 4.78 is 29.0. The summed E-state index contributed by atoms with van der Waals surface area (Å²) in [5.74, 6) is -1.61. The van der Waals surface area contributed by atoms with Crippen LogP contribution in [0.3, 0.4) is 0 Å². The monoisotopic (exact) mass is 430 g/mol. The highest BCUT2D eigenvalue weighted by Crippen LogP contribution is 2.24. The van der Waals surface area contributed by atoms with E-state index in [0.29, 0.717) is 17.8 Å². The van der Waals surface area contributed by atoms with Gasteiger partial charge < -0.3 is 15.0 Å². The summed E-state index contributed by atoms with van der Waals surface area (Å²) in [6.07, 6.45) is 0.329. The number of carbonyl (C=O) groups is 3. The predicted molar refractivity (Wildman–Crippen MR) is 112 cm³/mol. The topological polar surface area (TPSA) is 110 Å². The van der Waals surface area contributed by atoms with E-state index in [0.717, 1.165) is 0 Å². The highest BCUT2D eigenvalue weighted by Gasteiger charge is 2.35. The molecule has 2 aromatic rings. The second kappa shape index (κ2) is 9.08. The smallest absolute Gasteiger partial charge is 0.338 e. The average Bonchev–Trinajstić information content (AvgIpc) is 3.06. The molecule has 30 heavy (non-hydrogen) atoms. The zero-order valence-corrected chi connectivity index (χ0v) is 17.2. The van der Waals surface area contributed by atoms with Crippen LogP contribution in [-0.2, 0) is 24.2 Å². The largest absolute Gasteiger partial charge is 0.452 e. The maximum Gasteiger partial charge on any atom is 0.338 e. The number of para-hydroxylation sites is 1. The van der Waals surface area contributed by atoms with Crippen LogP contribution >= 0.6 is 0 Å². The number of hydrogen-bond donors (Lipinski definition) is 1. The third-order valence-corrected chi connectivity index (χ3v) is 6.37. The first-order valence-corrected chi connectivity index (χ1v) is 11.2. The molecule has 2 amide bonds. The molecule has 1 saturated heterocycles. The van der Waals surface area contributed by atoms with Gasteiger partial charge in [-0.1, -0.05) is 24.3 Å². The first-order chi connectivity index (χ1) is 14.2. The molecule has 1 atom stereocenters. The SMILES string of the molecule is CC(=O)Nc1cccc(C(=O)OCC(=O)N(c2ccccc2)[C@H]2CCS(=O)(=O)C2)c1. The molecule has 2 aromatic carbocycles. The van der Waals surface area contributed by atoms with E-state index in [1.165, 1.54) is 24.0 Å². The van der Waals surface area contributed by atoms with E-state index >= 15 is 0 Å². The van der Waals surface area contributed by atoms with Gasteiger partial charge in [-0.25, -0.2) is 13.2 Å². The molecule has 0 radical (unpaired) electrons. The molecule has 0 bridgehead atoms. The van der Waals surface area contributed by atoms with Crippen LogP contribution < -0.4 is 10.2 Å². The molecular weight excluding hydrogens is 408 g/mol. The van der Waals surface area contributed by atoms with Gasteiger partial charge in [0.15, 0.2) is 16.4 Å². The lowest BCUT2D eigenvalue weighted by Gasteiger charge is -2.28. The summed E-state index contributed by atoms with van der Waals surface area (Å²) in [7, 11) is -3.21. The molecule has 1 heterocycles. The van der Waals surface area contributed by atoms with Crippen molar-refractivity contribution in [3.8, 4) is 0 Å². The van der Waals surface area contributed by atoms with Gasteiger partial charge in [-0.3, -0.25) is 9.59 Å². The minimum atomic E-state index is -3.21. The fourth-order valence-corrected chi connectivity index (χ4v) is 5.03. The number of sulfone groups is 1. The van der Waals surface area contributed by atoms with Crippen LogP contribution in [-0.4, -0.2) is 50.4 Å². The summed E-state index contributed by atoms with van der Waals surface area (Å²) in [6.45, 7) is 0.819. The van der Waals surface area contributed by atoms with Crippen molar-refractivity contribution in [1.82, 2.24) is 0 Å². The molecular formula is C21H22N2O6S. The van der Waals surface area contributed by atoms with Gasteiger partial charge in [0.25, 0.3) is 5.91 Å². The molecule has 158 valence electrons. The summed E-state index contributed by atoms with van der Waals surface area (Å²) >= 11 is 0. The van der Waals surface area contributed by atoms with Gasteiger partial charge in [-0.15, -0.1) is 0 Å². The molecule has 0 spiro atoms. The van der Waals surface area contributed by atoms with E-state index in [9.17, 15) is 22.8 Å². The van der Waals surface area contributed by atoms with E-state index in [-0.39, 0.29) is 23.0 Å². The number of carbonyl (C=O) groups excluding carboxylic acids is 3. The van der Waals surface area contributed by atoms with Crippen molar-refractivity contribution < 1.29 is 27.5 Å². The van der Waals surface area contributed by atoms with Gasteiger partial charge in [0.2, 0.25) is 5.91 Å². The highest BCUT2D eigenvalue weighted by atomic mass is 32.2. The van der Waals surface area contributed by atoms with Crippen LogP contribution in [0.5, 0.6) is 0 Å². The van der Waals surface area contributed by atoms with Crippen molar-refractivity contribution in [2.75, 3.05) is 28.3 Å². The van der Waals surface area contributed by atoms with Gasteiger partial charge in [-0.05, 0) is 36.8 Å². The van der Waals surface area contributed by atoms with Gasteiger partial charge in [0.1, 0.15) is 0 Å². The van der Waals surface area contributed by atoms with Crippen molar-refractivity contribution in [2.45, 2.75) is 19.4 Å². The minimum Gasteiger partial charge on any atom is -0.452 e. The number of anilines is 2. The van der Waals surface area contributed by atoms with Gasteiger partial charge in [0.05, 0.1) is 23.1 Å². The normalized spacial score (nSPS) is 17.2. The predicted octanol–water partition coefficient (Wildman–Crippen LogP) is 2.02. The van der Waals surface area contributed by atoms with Gasteiger partial charge in [-0.2, -0.15) is 0 Å². The van der Waals surface area contributed by atoms with E-state index in [4.69, 9.17) is 4.74 Å². The van der Waals surface area contributed by atoms with Crippen LogP contribution in [0.25, 0.3) is 0 Å². The number of ether oxygens (including phenoxy) is 1. The summed E-state index contributed by atoms with van der Waals surface area (Å²) in [4.78, 5) is 37.8. The van der Waals surface area contributed by atoms with Crippen molar-refractivity contribution in [1.29, 1.82) is 0 Å². The summed E-state index contributed by atoms with van der Waals surface area (Å²) in [6, 6.07) is 14.4.